The molecule has 1 aliphatic heterocycles. The number of amides is 1. The van der Waals surface area contributed by atoms with Crippen molar-refractivity contribution in [1.29, 1.82) is 0 Å². The number of alkyl halides is 1. The second kappa shape index (κ2) is 6.14. The summed E-state index contributed by atoms with van der Waals surface area (Å²) in [6.07, 6.45) is 0.407. The van der Waals surface area contributed by atoms with Gasteiger partial charge in [0.2, 0.25) is 5.76 Å². The van der Waals surface area contributed by atoms with E-state index in [2.05, 4.69) is 29.6 Å². The molecule has 1 fully saturated rings. The summed E-state index contributed by atoms with van der Waals surface area (Å²) in [6, 6.07) is 1.66. The Morgan fingerprint density at radius 3 is 3.11 bits per heavy atom. The molecule has 0 aromatic carbocycles. The monoisotopic (exact) mass is 269 g/mol. The van der Waals surface area contributed by atoms with Crippen LogP contribution in [-0.4, -0.2) is 36.4 Å². The van der Waals surface area contributed by atoms with Gasteiger partial charge in [-0.25, -0.2) is 4.39 Å². The van der Waals surface area contributed by atoms with Gasteiger partial charge in [-0.1, -0.05) is 19.0 Å². The van der Waals surface area contributed by atoms with Crippen LogP contribution < -0.4 is 10.6 Å². The summed E-state index contributed by atoms with van der Waals surface area (Å²) >= 11 is 0. The normalized spacial score (nSPS) is 22.9. The van der Waals surface area contributed by atoms with Crippen molar-refractivity contribution in [2.45, 2.75) is 38.9 Å². The molecule has 6 heteroatoms. The second-order valence-corrected chi connectivity index (χ2v) is 5.43. The topological polar surface area (TPSA) is 67.2 Å². The van der Waals surface area contributed by atoms with Crippen LogP contribution in [0.2, 0.25) is 0 Å². The Morgan fingerprint density at radius 2 is 2.47 bits per heavy atom. The predicted octanol–water partition coefficient (Wildman–Crippen LogP) is 1.30. The van der Waals surface area contributed by atoms with Gasteiger partial charge in [0.1, 0.15) is 6.17 Å². The first-order valence-electron chi connectivity index (χ1n) is 6.66. The van der Waals surface area contributed by atoms with Gasteiger partial charge in [0, 0.05) is 25.2 Å². The standard InChI is InChI=1S/C13H20FN3O2/c1-8(2)3-10-5-12(19-17-10)13(18)16-7-11-4-9(14)6-15-11/h5,8-9,11,15H,3-4,6-7H2,1-2H3,(H,16,18)/t9-,11-/m0/s1. The summed E-state index contributed by atoms with van der Waals surface area (Å²) in [5, 5.41) is 9.59. The molecule has 0 radical (unpaired) electrons. The number of carbonyl (C=O) groups excluding carboxylic acids is 1. The van der Waals surface area contributed by atoms with Crippen LogP contribution in [0, 0.1) is 5.92 Å². The zero-order valence-electron chi connectivity index (χ0n) is 11.3. The summed E-state index contributed by atoms with van der Waals surface area (Å²) < 4.78 is 17.9. The third kappa shape index (κ3) is 4.02. The fraction of sp³-hybridized carbons (Fsp3) is 0.692. The smallest absolute Gasteiger partial charge is 0.289 e. The first-order chi connectivity index (χ1) is 9.04. The van der Waals surface area contributed by atoms with E-state index in [-0.39, 0.29) is 17.7 Å². The molecule has 0 aliphatic carbocycles. The molecule has 0 unspecified atom stereocenters. The van der Waals surface area contributed by atoms with Crippen LogP contribution in [0.4, 0.5) is 4.39 Å². The molecule has 1 aromatic heterocycles. The summed E-state index contributed by atoms with van der Waals surface area (Å²) in [6.45, 7) is 4.92. The maximum absolute atomic E-state index is 12.9. The number of hydrogen-bond donors (Lipinski definition) is 2. The van der Waals surface area contributed by atoms with Crippen molar-refractivity contribution < 1.29 is 13.7 Å². The van der Waals surface area contributed by atoms with Crippen molar-refractivity contribution >= 4 is 5.91 Å². The Morgan fingerprint density at radius 1 is 1.68 bits per heavy atom. The number of hydrogen-bond acceptors (Lipinski definition) is 4. The van der Waals surface area contributed by atoms with Gasteiger partial charge in [-0.05, 0) is 18.8 Å². The average molecular weight is 269 g/mol. The van der Waals surface area contributed by atoms with Gasteiger partial charge in [-0.2, -0.15) is 0 Å². The van der Waals surface area contributed by atoms with Crippen LogP contribution in [0.25, 0.3) is 0 Å². The molecule has 1 saturated heterocycles. The molecule has 0 saturated carbocycles. The van der Waals surface area contributed by atoms with Gasteiger partial charge in [0.05, 0.1) is 5.69 Å². The van der Waals surface area contributed by atoms with E-state index >= 15 is 0 Å². The lowest BCUT2D eigenvalue weighted by Crippen LogP contribution is -2.37. The molecule has 1 amide bonds. The Labute approximate surface area is 111 Å². The molecule has 2 heterocycles. The largest absolute Gasteiger partial charge is 0.351 e. The average Bonchev–Trinajstić information content (AvgIpc) is 2.95. The zero-order valence-corrected chi connectivity index (χ0v) is 11.3. The maximum atomic E-state index is 12.9. The van der Waals surface area contributed by atoms with E-state index < -0.39 is 6.17 Å². The van der Waals surface area contributed by atoms with E-state index in [9.17, 15) is 9.18 Å². The number of rotatable bonds is 5. The Balaban J connectivity index is 1.81. The molecular weight excluding hydrogens is 249 g/mol. The molecule has 19 heavy (non-hydrogen) atoms. The number of nitrogens with one attached hydrogen (secondary N) is 2. The van der Waals surface area contributed by atoms with Gasteiger partial charge in [0.15, 0.2) is 0 Å². The van der Waals surface area contributed by atoms with Crippen molar-refractivity contribution in [2.75, 3.05) is 13.1 Å². The van der Waals surface area contributed by atoms with E-state index in [4.69, 9.17) is 4.52 Å². The van der Waals surface area contributed by atoms with Crippen LogP contribution in [0.15, 0.2) is 10.6 Å². The first-order valence-corrected chi connectivity index (χ1v) is 6.66. The molecular formula is C13H20FN3O2. The second-order valence-electron chi connectivity index (χ2n) is 5.43. The lowest BCUT2D eigenvalue weighted by molar-refractivity contribution is 0.0913. The fourth-order valence-electron chi connectivity index (χ4n) is 2.16. The third-order valence-corrected chi connectivity index (χ3v) is 3.08. The van der Waals surface area contributed by atoms with Gasteiger partial charge in [-0.15, -0.1) is 0 Å². The summed E-state index contributed by atoms with van der Waals surface area (Å²) in [7, 11) is 0. The summed E-state index contributed by atoms with van der Waals surface area (Å²) in [5.74, 6) is 0.377. The quantitative estimate of drug-likeness (QED) is 0.845. The van der Waals surface area contributed by atoms with Gasteiger partial charge < -0.3 is 15.2 Å². The summed E-state index contributed by atoms with van der Waals surface area (Å²) in [4.78, 5) is 11.8. The van der Waals surface area contributed by atoms with Crippen molar-refractivity contribution in [3.63, 3.8) is 0 Å². The minimum atomic E-state index is -0.815. The van der Waals surface area contributed by atoms with E-state index in [1.807, 2.05) is 0 Å². The lowest BCUT2D eigenvalue weighted by Gasteiger charge is -2.09. The zero-order chi connectivity index (χ0) is 13.8. The van der Waals surface area contributed by atoms with Crippen molar-refractivity contribution in [2.24, 2.45) is 5.92 Å². The Bertz CT molecular complexity index is 433. The van der Waals surface area contributed by atoms with E-state index in [1.54, 1.807) is 6.07 Å². The molecule has 2 atom stereocenters. The highest BCUT2D eigenvalue weighted by atomic mass is 19.1. The van der Waals surface area contributed by atoms with Gasteiger partial charge >= 0.3 is 0 Å². The Hall–Kier alpha value is -1.43. The van der Waals surface area contributed by atoms with E-state index in [0.29, 0.717) is 25.4 Å². The fourth-order valence-corrected chi connectivity index (χ4v) is 2.16. The van der Waals surface area contributed by atoms with Crippen molar-refractivity contribution in [3.05, 3.63) is 17.5 Å². The Kier molecular flexibility index (Phi) is 4.52. The molecule has 106 valence electrons. The van der Waals surface area contributed by atoms with E-state index in [1.165, 1.54) is 0 Å². The predicted molar refractivity (Wildman–Crippen MR) is 68.7 cm³/mol. The lowest BCUT2D eigenvalue weighted by atomic mass is 10.1. The maximum Gasteiger partial charge on any atom is 0.289 e. The number of aromatic nitrogens is 1. The third-order valence-electron chi connectivity index (χ3n) is 3.08. The van der Waals surface area contributed by atoms with Crippen molar-refractivity contribution in [3.8, 4) is 0 Å². The van der Waals surface area contributed by atoms with Crippen LogP contribution in [-0.2, 0) is 6.42 Å². The van der Waals surface area contributed by atoms with Crippen LogP contribution >= 0.6 is 0 Å². The van der Waals surface area contributed by atoms with Crippen molar-refractivity contribution in [1.82, 2.24) is 15.8 Å². The number of halogens is 1. The minimum Gasteiger partial charge on any atom is -0.351 e. The molecule has 0 bridgehead atoms. The van der Waals surface area contributed by atoms with Crippen LogP contribution in [0.3, 0.4) is 0 Å². The molecule has 5 nitrogen and oxygen atoms in total. The molecule has 2 rings (SSSR count). The molecule has 0 spiro atoms. The molecule has 2 N–H and O–H groups in total. The molecule has 1 aliphatic rings. The highest BCUT2D eigenvalue weighted by Gasteiger charge is 2.24. The number of carbonyl (C=O) groups is 1. The highest BCUT2D eigenvalue weighted by Crippen LogP contribution is 2.11. The highest BCUT2D eigenvalue weighted by molar-refractivity contribution is 5.91. The van der Waals surface area contributed by atoms with E-state index in [0.717, 1.165) is 12.1 Å². The van der Waals surface area contributed by atoms with Gasteiger partial charge in [0.25, 0.3) is 5.91 Å². The minimum absolute atomic E-state index is 0.00277. The first kappa shape index (κ1) is 14.0. The molecule has 1 aromatic rings. The summed E-state index contributed by atoms with van der Waals surface area (Å²) in [5.41, 5.74) is 0.781. The van der Waals surface area contributed by atoms with Crippen LogP contribution in [0.1, 0.15) is 36.5 Å². The SMILES string of the molecule is CC(C)Cc1cc(C(=O)NC[C@@H]2C[C@H](F)CN2)on1. The van der Waals surface area contributed by atoms with Crippen LogP contribution in [0.5, 0.6) is 0 Å². The number of nitrogens with zero attached hydrogens (tertiary/aromatic N) is 1. The van der Waals surface area contributed by atoms with Gasteiger partial charge in [-0.3, -0.25) is 4.79 Å².